The van der Waals surface area contributed by atoms with Crippen LogP contribution in [0.25, 0.3) is 0 Å². The molecule has 0 fully saturated rings. The molecule has 4 atom stereocenters. The minimum Gasteiger partial charge on any atom is -0.481 e. The van der Waals surface area contributed by atoms with Crippen LogP contribution in [0, 0.1) is 17.8 Å². The van der Waals surface area contributed by atoms with E-state index in [-0.39, 0.29) is 19.6 Å². The van der Waals surface area contributed by atoms with Gasteiger partial charge in [-0.15, -0.1) is 0 Å². The highest BCUT2D eigenvalue weighted by Crippen LogP contribution is 2.19. The van der Waals surface area contributed by atoms with Crippen molar-refractivity contribution in [3.05, 3.63) is 0 Å². The van der Waals surface area contributed by atoms with Crippen LogP contribution in [0.1, 0.15) is 59.3 Å². The van der Waals surface area contributed by atoms with Gasteiger partial charge < -0.3 is 40.7 Å². The molecule has 0 spiro atoms. The molecule has 0 aliphatic heterocycles. The van der Waals surface area contributed by atoms with Gasteiger partial charge in [-0.2, -0.15) is 0 Å². The first kappa shape index (κ1) is 38.6. The Morgan fingerprint density at radius 1 is 0.714 bits per heavy atom. The smallest absolute Gasteiger partial charge is 0.305 e. The number of amides is 2. The molecule has 4 unspecified atom stereocenters. The Morgan fingerprint density at radius 3 is 1.83 bits per heavy atom. The molecule has 0 heterocycles. The lowest BCUT2D eigenvalue weighted by Crippen LogP contribution is -2.49. The van der Waals surface area contributed by atoms with E-state index in [1.165, 1.54) is 7.05 Å². The minimum absolute atomic E-state index is 0.0778. The van der Waals surface area contributed by atoms with Crippen molar-refractivity contribution in [3.8, 4) is 0 Å². The number of carbonyl (C=O) groups excluding carboxylic acids is 4. The Labute approximate surface area is 245 Å². The zero-order chi connectivity index (χ0) is 32.2. The number of ether oxygens (including phenoxy) is 2. The van der Waals surface area contributed by atoms with Crippen LogP contribution in [0.15, 0.2) is 0 Å². The normalized spacial score (nSPS) is 13.9. The van der Waals surface area contributed by atoms with E-state index in [0.29, 0.717) is 19.8 Å². The van der Waals surface area contributed by atoms with Crippen molar-refractivity contribution >= 4 is 41.3 Å². The zero-order valence-electron chi connectivity index (χ0n) is 24.7. The molecule has 0 radical (unpaired) electrons. The highest BCUT2D eigenvalue weighted by molar-refractivity contribution is 5.96. The number of hydrogen-bond donors (Lipinski definition) is 6. The summed E-state index contributed by atoms with van der Waals surface area (Å²) in [6.07, 6.45) is -2.83. The fourth-order valence-corrected chi connectivity index (χ4v) is 4.04. The molecule has 0 aromatic heterocycles. The topological polar surface area (TPSA) is 235 Å². The standard InChI is InChI=1S/C27H45N3O12/c1-5-41-10-11-42-9-8-29-26(39)18(14-23(35)36)13-21(32)25(16(2)3)30-27(40)17(6-7-22(33)34)12-20(31)19(28-4)15-24(37)38/h16-19,25,28H,5-15H2,1-4H3,(H,29,39)(H,30,40)(H,33,34)(H,35,36)(H,37,38). The van der Waals surface area contributed by atoms with E-state index in [9.17, 15) is 38.7 Å². The summed E-state index contributed by atoms with van der Waals surface area (Å²) >= 11 is 0. The first-order chi connectivity index (χ1) is 19.7. The Kier molecular flexibility index (Phi) is 19.6. The van der Waals surface area contributed by atoms with Gasteiger partial charge >= 0.3 is 17.9 Å². The van der Waals surface area contributed by atoms with E-state index in [2.05, 4.69) is 16.0 Å². The van der Waals surface area contributed by atoms with Gasteiger partial charge in [-0.3, -0.25) is 33.6 Å². The van der Waals surface area contributed by atoms with Crippen molar-refractivity contribution in [2.45, 2.75) is 71.4 Å². The lowest BCUT2D eigenvalue weighted by molar-refractivity contribution is -0.143. The van der Waals surface area contributed by atoms with Crippen molar-refractivity contribution in [1.82, 2.24) is 16.0 Å². The molecule has 2 amide bonds. The van der Waals surface area contributed by atoms with Gasteiger partial charge in [0.15, 0.2) is 11.6 Å². The van der Waals surface area contributed by atoms with E-state index >= 15 is 0 Å². The fraction of sp³-hybridized carbons (Fsp3) is 0.741. The summed E-state index contributed by atoms with van der Waals surface area (Å²) < 4.78 is 10.4. The Hall–Kier alpha value is -3.43. The summed E-state index contributed by atoms with van der Waals surface area (Å²) in [7, 11) is 1.38. The first-order valence-electron chi connectivity index (χ1n) is 13.8. The third kappa shape index (κ3) is 16.7. The lowest BCUT2D eigenvalue weighted by atomic mass is 9.88. The highest BCUT2D eigenvalue weighted by Gasteiger charge is 2.34. The van der Waals surface area contributed by atoms with Crippen LogP contribution in [-0.2, 0) is 43.0 Å². The summed E-state index contributed by atoms with van der Waals surface area (Å²) in [5.74, 6) is -9.34. The van der Waals surface area contributed by atoms with Gasteiger partial charge in [0.2, 0.25) is 11.8 Å². The number of carbonyl (C=O) groups is 7. The van der Waals surface area contributed by atoms with Gasteiger partial charge in [-0.1, -0.05) is 13.8 Å². The number of ketones is 2. The van der Waals surface area contributed by atoms with Gasteiger partial charge in [-0.25, -0.2) is 0 Å². The number of carboxylic acids is 3. The second-order valence-corrected chi connectivity index (χ2v) is 10.0. The Bertz CT molecular complexity index is 924. The number of rotatable bonds is 25. The Morgan fingerprint density at radius 2 is 1.31 bits per heavy atom. The maximum Gasteiger partial charge on any atom is 0.305 e. The van der Waals surface area contributed by atoms with Crippen LogP contribution < -0.4 is 16.0 Å². The summed E-state index contributed by atoms with van der Waals surface area (Å²) in [6, 6.07) is -2.26. The van der Waals surface area contributed by atoms with Crippen LogP contribution in [-0.4, -0.2) is 109 Å². The summed E-state index contributed by atoms with van der Waals surface area (Å²) in [6.45, 7) is 6.53. The second-order valence-electron chi connectivity index (χ2n) is 10.0. The molecule has 0 aromatic carbocycles. The number of carboxylic acid groups (broad SMARTS) is 3. The number of hydrogen-bond acceptors (Lipinski definition) is 10. The molecule has 0 aromatic rings. The lowest BCUT2D eigenvalue weighted by Gasteiger charge is -2.26. The number of Topliss-reactive ketones (excluding diaryl/α,β-unsaturated/α-hetero) is 2. The predicted molar refractivity (Wildman–Crippen MR) is 148 cm³/mol. The zero-order valence-corrected chi connectivity index (χ0v) is 24.7. The van der Waals surface area contributed by atoms with Gasteiger partial charge in [0.25, 0.3) is 0 Å². The van der Waals surface area contributed by atoms with E-state index in [4.69, 9.17) is 19.7 Å². The van der Waals surface area contributed by atoms with E-state index in [1.54, 1.807) is 13.8 Å². The summed E-state index contributed by atoms with van der Waals surface area (Å²) in [5, 5.41) is 35.1. The molecular formula is C27H45N3O12. The molecule has 240 valence electrons. The molecule has 15 nitrogen and oxygen atoms in total. The van der Waals surface area contributed by atoms with E-state index in [1.807, 2.05) is 6.92 Å². The molecule has 0 saturated heterocycles. The monoisotopic (exact) mass is 603 g/mol. The molecule has 42 heavy (non-hydrogen) atoms. The maximum absolute atomic E-state index is 13.2. The van der Waals surface area contributed by atoms with Crippen molar-refractivity contribution in [3.63, 3.8) is 0 Å². The van der Waals surface area contributed by atoms with Gasteiger partial charge in [-0.05, 0) is 26.3 Å². The third-order valence-corrected chi connectivity index (χ3v) is 6.31. The number of likely N-dealkylation sites (N-methyl/N-ethyl adjacent to an activating group) is 1. The van der Waals surface area contributed by atoms with Crippen LogP contribution >= 0.6 is 0 Å². The largest absolute Gasteiger partial charge is 0.481 e. The van der Waals surface area contributed by atoms with Gasteiger partial charge in [0.05, 0.1) is 50.7 Å². The maximum atomic E-state index is 13.2. The molecule has 0 saturated carbocycles. The van der Waals surface area contributed by atoms with Crippen molar-refractivity contribution < 1.29 is 58.4 Å². The van der Waals surface area contributed by atoms with Crippen molar-refractivity contribution in [1.29, 1.82) is 0 Å². The summed E-state index contributed by atoms with van der Waals surface area (Å²) in [5.41, 5.74) is 0. The molecule has 0 aliphatic rings. The average Bonchev–Trinajstić information content (AvgIpc) is 2.90. The molecule has 0 rings (SSSR count). The van der Waals surface area contributed by atoms with Crippen LogP contribution in [0.3, 0.4) is 0 Å². The molecule has 15 heteroatoms. The molecular weight excluding hydrogens is 558 g/mol. The number of nitrogens with one attached hydrogen (secondary N) is 3. The molecule has 6 N–H and O–H groups in total. The highest BCUT2D eigenvalue weighted by atomic mass is 16.5. The van der Waals surface area contributed by atoms with Crippen molar-refractivity contribution in [2.75, 3.05) is 40.0 Å². The third-order valence-electron chi connectivity index (χ3n) is 6.31. The minimum atomic E-state index is -1.30. The SMILES string of the molecule is CCOCCOCCNC(=O)C(CC(=O)O)CC(=O)C(NC(=O)C(CCC(=O)O)CC(=O)C(CC(=O)O)NC)C(C)C. The fourth-order valence-electron chi connectivity index (χ4n) is 4.04. The average molecular weight is 604 g/mol. The van der Waals surface area contributed by atoms with Crippen molar-refractivity contribution in [2.24, 2.45) is 17.8 Å². The quantitative estimate of drug-likeness (QED) is 0.0746. The molecule has 0 bridgehead atoms. The molecule has 0 aliphatic carbocycles. The van der Waals surface area contributed by atoms with Crippen LogP contribution in [0.2, 0.25) is 0 Å². The van der Waals surface area contributed by atoms with Crippen LogP contribution in [0.5, 0.6) is 0 Å². The van der Waals surface area contributed by atoms with E-state index in [0.717, 1.165) is 0 Å². The summed E-state index contributed by atoms with van der Waals surface area (Å²) in [4.78, 5) is 85.4. The Balaban J connectivity index is 5.52. The van der Waals surface area contributed by atoms with E-state index < -0.39 is 103 Å². The van der Waals surface area contributed by atoms with Crippen LogP contribution in [0.4, 0.5) is 0 Å². The first-order valence-corrected chi connectivity index (χ1v) is 13.8. The van der Waals surface area contributed by atoms with Gasteiger partial charge in [0.1, 0.15) is 0 Å². The second kappa shape index (κ2) is 21.3. The number of aliphatic carboxylic acids is 3. The predicted octanol–water partition coefficient (Wildman–Crippen LogP) is -0.150. The van der Waals surface area contributed by atoms with Gasteiger partial charge in [0, 0.05) is 38.3 Å².